The van der Waals surface area contributed by atoms with Gasteiger partial charge in [-0.15, -0.1) is 0 Å². The first-order valence-corrected chi connectivity index (χ1v) is 12.0. The van der Waals surface area contributed by atoms with E-state index in [1.165, 1.54) is 16.5 Å². The van der Waals surface area contributed by atoms with Crippen LogP contribution in [-0.4, -0.2) is 30.9 Å². The van der Waals surface area contributed by atoms with Gasteiger partial charge in [-0.2, -0.15) is 0 Å². The van der Waals surface area contributed by atoms with Crippen molar-refractivity contribution >= 4 is 52.4 Å². The van der Waals surface area contributed by atoms with Crippen molar-refractivity contribution < 1.29 is 23.9 Å². The first kappa shape index (κ1) is 25.5. The molecule has 3 aromatic rings. The molecule has 0 spiro atoms. The van der Waals surface area contributed by atoms with E-state index in [1.807, 2.05) is 32.0 Å². The SMILES string of the molecule is Cc1ccc(Oc2ccc(N3C[C@H](C(=O)OCC(=O)Nc4cc(Cl)ccc4Cl)CC3=O)cc2)cc1C. The Balaban J connectivity index is 1.30. The van der Waals surface area contributed by atoms with Crippen LogP contribution in [0.2, 0.25) is 10.0 Å². The van der Waals surface area contributed by atoms with Crippen LogP contribution >= 0.6 is 23.2 Å². The number of carbonyl (C=O) groups is 3. The summed E-state index contributed by atoms with van der Waals surface area (Å²) in [5, 5.41) is 3.26. The third-order valence-electron chi connectivity index (χ3n) is 5.87. The van der Waals surface area contributed by atoms with Crippen molar-refractivity contribution in [3.05, 3.63) is 81.8 Å². The van der Waals surface area contributed by atoms with Gasteiger partial charge in [0.1, 0.15) is 11.5 Å². The van der Waals surface area contributed by atoms with Gasteiger partial charge in [0, 0.05) is 23.7 Å². The van der Waals surface area contributed by atoms with E-state index < -0.39 is 24.4 Å². The van der Waals surface area contributed by atoms with Gasteiger partial charge in [-0.1, -0.05) is 29.3 Å². The fraction of sp³-hybridized carbons (Fsp3) is 0.222. The number of ether oxygens (including phenoxy) is 2. The van der Waals surface area contributed by atoms with E-state index in [9.17, 15) is 14.4 Å². The Kier molecular flexibility index (Phi) is 7.82. The molecule has 36 heavy (non-hydrogen) atoms. The average molecular weight is 527 g/mol. The summed E-state index contributed by atoms with van der Waals surface area (Å²) < 4.78 is 11.0. The summed E-state index contributed by atoms with van der Waals surface area (Å²) >= 11 is 11.9. The van der Waals surface area contributed by atoms with Crippen LogP contribution in [-0.2, 0) is 19.1 Å². The molecule has 0 bridgehead atoms. The molecule has 3 aromatic carbocycles. The van der Waals surface area contributed by atoms with Gasteiger partial charge < -0.3 is 19.7 Å². The maximum atomic E-state index is 12.6. The van der Waals surface area contributed by atoms with E-state index in [0.29, 0.717) is 27.2 Å². The Morgan fingerprint density at radius 2 is 1.69 bits per heavy atom. The summed E-state index contributed by atoms with van der Waals surface area (Å²) in [5.74, 6) is -0.689. The number of nitrogens with one attached hydrogen (secondary N) is 1. The molecular weight excluding hydrogens is 503 g/mol. The van der Waals surface area contributed by atoms with Gasteiger partial charge >= 0.3 is 5.97 Å². The van der Waals surface area contributed by atoms with E-state index in [0.717, 1.165) is 11.3 Å². The number of anilines is 2. The fourth-order valence-corrected chi connectivity index (χ4v) is 4.09. The number of amides is 2. The summed E-state index contributed by atoms with van der Waals surface area (Å²) in [4.78, 5) is 38.8. The number of rotatable bonds is 7. The number of aryl methyl sites for hydroxylation is 2. The highest BCUT2D eigenvalue weighted by Crippen LogP contribution is 2.30. The molecule has 1 aliphatic heterocycles. The lowest BCUT2D eigenvalue weighted by Gasteiger charge is -2.17. The van der Waals surface area contributed by atoms with Gasteiger partial charge in [-0.3, -0.25) is 14.4 Å². The largest absolute Gasteiger partial charge is 0.457 e. The smallest absolute Gasteiger partial charge is 0.311 e. The predicted octanol–water partition coefficient (Wildman–Crippen LogP) is 5.94. The zero-order valence-electron chi connectivity index (χ0n) is 19.7. The maximum absolute atomic E-state index is 12.6. The second-order valence-corrected chi connectivity index (χ2v) is 9.37. The quantitative estimate of drug-likeness (QED) is 0.385. The van der Waals surface area contributed by atoms with Gasteiger partial charge in [0.15, 0.2) is 6.61 Å². The number of benzene rings is 3. The van der Waals surface area contributed by atoms with Crippen LogP contribution < -0.4 is 15.0 Å². The van der Waals surface area contributed by atoms with Crippen molar-refractivity contribution in [2.24, 2.45) is 5.92 Å². The molecule has 0 unspecified atom stereocenters. The topological polar surface area (TPSA) is 84.9 Å². The summed E-state index contributed by atoms with van der Waals surface area (Å²) in [5.41, 5.74) is 3.29. The van der Waals surface area contributed by atoms with Gasteiger partial charge in [0.05, 0.1) is 16.6 Å². The van der Waals surface area contributed by atoms with Crippen LogP contribution in [0.15, 0.2) is 60.7 Å². The van der Waals surface area contributed by atoms with Gasteiger partial charge in [-0.25, -0.2) is 0 Å². The zero-order valence-corrected chi connectivity index (χ0v) is 21.2. The summed E-state index contributed by atoms with van der Waals surface area (Å²) in [6, 6.07) is 17.6. The lowest BCUT2D eigenvalue weighted by Crippen LogP contribution is -2.28. The molecule has 1 saturated heterocycles. The van der Waals surface area contributed by atoms with Crippen LogP contribution in [0.25, 0.3) is 0 Å². The lowest BCUT2D eigenvalue weighted by molar-refractivity contribution is -0.151. The highest BCUT2D eigenvalue weighted by atomic mass is 35.5. The molecule has 0 radical (unpaired) electrons. The third-order valence-corrected chi connectivity index (χ3v) is 6.43. The number of esters is 1. The van der Waals surface area contributed by atoms with Crippen molar-refractivity contribution in [2.45, 2.75) is 20.3 Å². The minimum Gasteiger partial charge on any atom is -0.457 e. The minimum atomic E-state index is -0.675. The number of hydrogen-bond acceptors (Lipinski definition) is 5. The molecule has 186 valence electrons. The van der Waals surface area contributed by atoms with Crippen molar-refractivity contribution in [2.75, 3.05) is 23.4 Å². The van der Waals surface area contributed by atoms with Crippen LogP contribution in [0.4, 0.5) is 11.4 Å². The zero-order chi connectivity index (χ0) is 25.8. The van der Waals surface area contributed by atoms with Crippen molar-refractivity contribution in [3.63, 3.8) is 0 Å². The normalized spacial score (nSPS) is 15.1. The van der Waals surface area contributed by atoms with Crippen molar-refractivity contribution in [1.82, 2.24) is 0 Å². The maximum Gasteiger partial charge on any atom is 0.311 e. The predicted molar refractivity (Wildman–Crippen MR) is 139 cm³/mol. The Labute approximate surface area is 218 Å². The van der Waals surface area contributed by atoms with Crippen LogP contribution in [0, 0.1) is 19.8 Å². The van der Waals surface area contributed by atoms with E-state index in [2.05, 4.69) is 5.32 Å². The molecule has 2 amide bonds. The van der Waals surface area contributed by atoms with E-state index in [4.69, 9.17) is 32.7 Å². The molecular formula is C27H24Cl2N2O5. The molecule has 1 heterocycles. The molecule has 0 aliphatic carbocycles. The summed E-state index contributed by atoms with van der Waals surface area (Å²) in [6.45, 7) is 3.72. The summed E-state index contributed by atoms with van der Waals surface area (Å²) in [7, 11) is 0. The van der Waals surface area contributed by atoms with E-state index in [1.54, 1.807) is 36.4 Å². The van der Waals surface area contributed by atoms with Crippen LogP contribution in [0.3, 0.4) is 0 Å². The standard InChI is InChI=1S/C27H24Cl2N2O5/c1-16-3-7-22(11-17(16)2)36-21-8-5-20(6-9-21)31-14-18(12-26(31)33)27(34)35-15-25(32)30-24-13-19(28)4-10-23(24)29/h3-11,13,18H,12,14-15H2,1-2H3,(H,30,32)/t18-/m1/s1. The Morgan fingerprint density at radius 3 is 2.42 bits per heavy atom. The Hall–Kier alpha value is -3.55. The highest BCUT2D eigenvalue weighted by Gasteiger charge is 2.36. The third kappa shape index (κ3) is 6.17. The Morgan fingerprint density at radius 1 is 0.972 bits per heavy atom. The molecule has 0 saturated carbocycles. The number of halogens is 2. The molecule has 1 aliphatic rings. The number of carbonyl (C=O) groups excluding carboxylic acids is 3. The summed E-state index contributed by atoms with van der Waals surface area (Å²) in [6.07, 6.45) is 0.00146. The number of hydrogen-bond donors (Lipinski definition) is 1. The van der Waals surface area contributed by atoms with Gasteiger partial charge in [-0.05, 0) is 79.6 Å². The average Bonchev–Trinajstić information content (AvgIpc) is 3.24. The minimum absolute atomic E-state index is 0.00146. The molecule has 1 fully saturated rings. The Bertz CT molecular complexity index is 1310. The second kappa shape index (κ2) is 11.0. The first-order valence-electron chi connectivity index (χ1n) is 11.3. The van der Waals surface area contributed by atoms with E-state index in [-0.39, 0.29) is 18.9 Å². The van der Waals surface area contributed by atoms with Crippen molar-refractivity contribution in [1.29, 1.82) is 0 Å². The molecule has 4 rings (SSSR count). The number of nitrogens with zero attached hydrogens (tertiary/aromatic N) is 1. The molecule has 7 nitrogen and oxygen atoms in total. The fourth-order valence-electron chi connectivity index (χ4n) is 3.76. The van der Waals surface area contributed by atoms with Gasteiger partial charge in [0.25, 0.3) is 5.91 Å². The molecule has 0 aromatic heterocycles. The first-order chi connectivity index (χ1) is 17.2. The lowest BCUT2D eigenvalue weighted by atomic mass is 10.1. The molecule has 1 N–H and O–H groups in total. The monoisotopic (exact) mass is 526 g/mol. The molecule has 9 heteroatoms. The van der Waals surface area contributed by atoms with Crippen LogP contribution in [0.1, 0.15) is 17.5 Å². The second-order valence-electron chi connectivity index (χ2n) is 8.53. The van der Waals surface area contributed by atoms with Crippen molar-refractivity contribution in [3.8, 4) is 11.5 Å². The van der Waals surface area contributed by atoms with Gasteiger partial charge in [0.2, 0.25) is 5.91 Å². The van der Waals surface area contributed by atoms with Crippen LogP contribution in [0.5, 0.6) is 11.5 Å². The molecule has 1 atom stereocenters. The highest BCUT2D eigenvalue weighted by molar-refractivity contribution is 6.35. The van der Waals surface area contributed by atoms with E-state index >= 15 is 0 Å².